The molecule has 0 radical (unpaired) electrons. The summed E-state index contributed by atoms with van der Waals surface area (Å²) in [5, 5.41) is 0. The molecule has 2 unspecified atom stereocenters. The lowest BCUT2D eigenvalue weighted by atomic mass is 10.1. The van der Waals surface area contributed by atoms with Crippen molar-refractivity contribution < 1.29 is 8.85 Å². The monoisotopic (exact) mass is 260 g/mol. The molecule has 0 aromatic heterocycles. The molecule has 0 heterocycles. The van der Waals surface area contributed by atoms with Crippen LogP contribution in [0.3, 0.4) is 0 Å². The third-order valence-corrected chi connectivity index (χ3v) is 7.75. The van der Waals surface area contributed by atoms with Crippen LogP contribution in [0.25, 0.3) is 0 Å². The van der Waals surface area contributed by atoms with Crippen LogP contribution in [0.1, 0.15) is 53.4 Å². The molecule has 0 aromatic carbocycles. The zero-order valence-corrected chi connectivity index (χ0v) is 13.7. The first-order chi connectivity index (χ1) is 8.03. The van der Waals surface area contributed by atoms with Gasteiger partial charge in [-0.1, -0.05) is 53.4 Å². The van der Waals surface area contributed by atoms with Crippen molar-refractivity contribution in [3.05, 3.63) is 0 Å². The van der Waals surface area contributed by atoms with Crippen molar-refractivity contribution in [1.29, 1.82) is 0 Å². The van der Waals surface area contributed by atoms with Gasteiger partial charge in [-0.3, -0.25) is 0 Å². The Morgan fingerprint density at radius 2 is 1.18 bits per heavy atom. The maximum Gasteiger partial charge on any atom is 0.338 e. The van der Waals surface area contributed by atoms with Gasteiger partial charge in [-0.05, 0) is 23.9 Å². The minimum absolute atomic E-state index is 0.723. The van der Waals surface area contributed by atoms with Crippen molar-refractivity contribution >= 4 is 8.56 Å². The fraction of sp³-hybridized carbons (Fsp3) is 1.00. The van der Waals surface area contributed by atoms with Crippen molar-refractivity contribution in [2.24, 2.45) is 11.8 Å². The molecule has 104 valence electrons. The van der Waals surface area contributed by atoms with E-state index in [9.17, 15) is 0 Å². The molecule has 0 aromatic rings. The van der Waals surface area contributed by atoms with E-state index >= 15 is 0 Å². The molecule has 0 spiro atoms. The maximum atomic E-state index is 5.84. The van der Waals surface area contributed by atoms with Gasteiger partial charge in [-0.15, -0.1) is 0 Å². The molecule has 2 atom stereocenters. The van der Waals surface area contributed by atoms with Crippen molar-refractivity contribution in [3.63, 3.8) is 0 Å². The van der Waals surface area contributed by atoms with E-state index in [0.29, 0.717) is 0 Å². The summed E-state index contributed by atoms with van der Waals surface area (Å²) in [4.78, 5) is 0. The molecule has 2 nitrogen and oxygen atoms in total. The van der Waals surface area contributed by atoms with Gasteiger partial charge in [0.1, 0.15) is 0 Å². The molecule has 0 aliphatic heterocycles. The van der Waals surface area contributed by atoms with Gasteiger partial charge in [0.05, 0.1) is 0 Å². The SMILES string of the molecule is CCCC(C)C[Si](CC(C)CCC)(OC)OC. The highest BCUT2D eigenvalue weighted by atomic mass is 28.4. The quantitative estimate of drug-likeness (QED) is 0.535. The highest BCUT2D eigenvalue weighted by Crippen LogP contribution is 2.30. The summed E-state index contributed by atoms with van der Waals surface area (Å²) in [7, 11) is 1.74. The fourth-order valence-corrected chi connectivity index (χ4v) is 6.28. The Kier molecular flexibility index (Phi) is 9.19. The lowest BCUT2D eigenvalue weighted by Gasteiger charge is -2.32. The molecular formula is C14H32O2Si. The second kappa shape index (κ2) is 9.12. The van der Waals surface area contributed by atoms with Crippen LogP contribution in [-0.2, 0) is 8.85 Å². The molecule has 0 saturated carbocycles. The van der Waals surface area contributed by atoms with E-state index in [2.05, 4.69) is 27.7 Å². The molecule has 3 heteroatoms. The minimum atomic E-state index is -1.94. The predicted octanol–water partition coefficient (Wildman–Crippen LogP) is 4.59. The summed E-state index contributed by atoms with van der Waals surface area (Å²) in [6.07, 6.45) is 5.07. The van der Waals surface area contributed by atoms with Gasteiger partial charge in [0.15, 0.2) is 0 Å². The second-order valence-corrected chi connectivity index (χ2v) is 8.97. The average Bonchev–Trinajstić information content (AvgIpc) is 2.28. The number of rotatable bonds is 10. The minimum Gasteiger partial charge on any atom is -0.398 e. The normalized spacial score (nSPS) is 15.9. The van der Waals surface area contributed by atoms with Crippen LogP contribution >= 0.6 is 0 Å². The largest absolute Gasteiger partial charge is 0.398 e. The number of hydrogen-bond donors (Lipinski definition) is 0. The van der Waals surface area contributed by atoms with E-state index in [1.54, 1.807) is 0 Å². The summed E-state index contributed by atoms with van der Waals surface area (Å²) >= 11 is 0. The molecule has 0 bridgehead atoms. The summed E-state index contributed by atoms with van der Waals surface area (Å²) in [6.45, 7) is 9.15. The van der Waals surface area contributed by atoms with Gasteiger partial charge >= 0.3 is 8.56 Å². The van der Waals surface area contributed by atoms with E-state index in [1.165, 1.54) is 25.7 Å². The molecule has 0 aliphatic rings. The standard InChI is InChI=1S/C14H32O2Si/c1-7-9-13(3)11-17(15-5,16-6)12-14(4)10-8-2/h13-14H,7-12H2,1-6H3. The smallest absolute Gasteiger partial charge is 0.338 e. The maximum absolute atomic E-state index is 5.84. The molecular weight excluding hydrogens is 228 g/mol. The Morgan fingerprint density at radius 1 is 0.824 bits per heavy atom. The molecule has 0 aliphatic carbocycles. The second-order valence-electron chi connectivity index (χ2n) is 5.51. The fourth-order valence-electron chi connectivity index (χ4n) is 2.75. The van der Waals surface area contributed by atoms with Gasteiger partial charge in [0, 0.05) is 14.2 Å². The van der Waals surface area contributed by atoms with E-state index in [0.717, 1.165) is 23.9 Å². The Balaban J connectivity index is 4.43. The van der Waals surface area contributed by atoms with Gasteiger partial charge in [0.2, 0.25) is 0 Å². The first kappa shape index (κ1) is 17.1. The lowest BCUT2D eigenvalue weighted by molar-refractivity contribution is 0.226. The molecule has 17 heavy (non-hydrogen) atoms. The topological polar surface area (TPSA) is 18.5 Å². The zero-order chi connectivity index (χ0) is 13.3. The molecule has 0 N–H and O–H groups in total. The first-order valence-electron chi connectivity index (χ1n) is 7.13. The highest BCUT2D eigenvalue weighted by Gasteiger charge is 2.38. The molecule has 0 fully saturated rings. The molecule has 0 amide bonds. The van der Waals surface area contributed by atoms with Crippen LogP contribution < -0.4 is 0 Å². The van der Waals surface area contributed by atoms with Crippen LogP contribution in [0.5, 0.6) is 0 Å². The third kappa shape index (κ3) is 6.58. The first-order valence-corrected chi connectivity index (χ1v) is 9.36. The molecule has 0 rings (SSSR count). The van der Waals surface area contributed by atoms with Gasteiger partial charge in [-0.25, -0.2) is 0 Å². The summed E-state index contributed by atoms with van der Waals surface area (Å²) < 4.78 is 11.7. The van der Waals surface area contributed by atoms with Crippen LogP contribution in [0.4, 0.5) is 0 Å². The Morgan fingerprint density at radius 3 is 1.41 bits per heavy atom. The van der Waals surface area contributed by atoms with E-state index in [1.807, 2.05) is 14.2 Å². The molecule has 0 saturated heterocycles. The van der Waals surface area contributed by atoms with Crippen molar-refractivity contribution in [3.8, 4) is 0 Å². The summed E-state index contributed by atoms with van der Waals surface area (Å²) in [5.74, 6) is 1.45. The van der Waals surface area contributed by atoms with E-state index in [4.69, 9.17) is 8.85 Å². The highest BCUT2D eigenvalue weighted by molar-refractivity contribution is 6.67. The van der Waals surface area contributed by atoms with Crippen molar-refractivity contribution in [2.75, 3.05) is 14.2 Å². The third-order valence-electron chi connectivity index (χ3n) is 3.63. The van der Waals surface area contributed by atoms with Crippen LogP contribution in [0.15, 0.2) is 0 Å². The van der Waals surface area contributed by atoms with Crippen LogP contribution in [0, 0.1) is 11.8 Å². The average molecular weight is 260 g/mol. The Labute approximate surface area is 109 Å². The van der Waals surface area contributed by atoms with Crippen molar-refractivity contribution in [2.45, 2.75) is 65.5 Å². The van der Waals surface area contributed by atoms with Crippen molar-refractivity contribution in [1.82, 2.24) is 0 Å². The van der Waals surface area contributed by atoms with E-state index < -0.39 is 8.56 Å². The summed E-state index contributed by atoms with van der Waals surface area (Å²) in [5.41, 5.74) is 0. The van der Waals surface area contributed by atoms with Gasteiger partial charge < -0.3 is 8.85 Å². The van der Waals surface area contributed by atoms with Gasteiger partial charge in [0.25, 0.3) is 0 Å². The van der Waals surface area contributed by atoms with Crippen LogP contribution in [0.2, 0.25) is 12.1 Å². The lowest BCUT2D eigenvalue weighted by Crippen LogP contribution is -2.43. The summed E-state index contributed by atoms with van der Waals surface area (Å²) in [6, 6.07) is 2.28. The zero-order valence-electron chi connectivity index (χ0n) is 12.7. The Bertz CT molecular complexity index is 165. The predicted molar refractivity (Wildman–Crippen MR) is 77.5 cm³/mol. The number of hydrogen-bond acceptors (Lipinski definition) is 2. The van der Waals surface area contributed by atoms with Gasteiger partial charge in [-0.2, -0.15) is 0 Å². The van der Waals surface area contributed by atoms with Crippen LogP contribution in [-0.4, -0.2) is 22.8 Å². The Hall–Kier alpha value is 0.137. The van der Waals surface area contributed by atoms with E-state index in [-0.39, 0.29) is 0 Å².